The summed E-state index contributed by atoms with van der Waals surface area (Å²) in [7, 11) is 0. The van der Waals surface area contributed by atoms with E-state index in [1.54, 1.807) is 5.56 Å². The van der Waals surface area contributed by atoms with Crippen LogP contribution < -0.4 is 5.73 Å². The van der Waals surface area contributed by atoms with E-state index in [0.29, 0.717) is 5.41 Å². The molecule has 0 aliphatic heterocycles. The van der Waals surface area contributed by atoms with Crippen LogP contribution in [0.4, 0.5) is 0 Å². The first-order chi connectivity index (χ1) is 15.0. The molecule has 0 amide bonds. The topological polar surface area (TPSA) is 26.0 Å². The van der Waals surface area contributed by atoms with Gasteiger partial charge in [0.1, 0.15) is 0 Å². The molecule has 2 N–H and O–H groups in total. The molecule has 1 aromatic rings. The highest BCUT2D eigenvalue weighted by Gasteiger charge is 2.36. The Labute approximate surface area is 202 Å². The van der Waals surface area contributed by atoms with Crippen molar-refractivity contribution >= 4 is 5.57 Å². The largest absolute Gasteiger partial charge is 0.330 e. The lowest BCUT2D eigenvalue weighted by molar-refractivity contribution is 0.332. The van der Waals surface area contributed by atoms with Crippen molar-refractivity contribution in [1.82, 2.24) is 0 Å². The molecule has 0 aromatic heterocycles. The van der Waals surface area contributed by atoms with Gasteiger partial charge in [-0.1, -0.05) is 117 Å². The summed E-state index contributed by atoms with van der Waals surface area (Å²) < 4.78 is 0. The normalized spacial score (nSPS) is 16.1. The van der Waals surface area contributed by atoms with E-state index >= 15 is 0 Å². The number of rotatable bonds is 8. The SMILES string of the molecule is C=C(C)C/C=C(\C)c1ccc2c(c1)C(C)(C)CCC2(C)C.CCCCCC.CCCCN. The average Bonchev–Trinajstić information content (AvgIpc) is 2.75. The Kier molecular flexibility index (Phi) is 14.8. The van der Waals surface area contributed by atoms with Gasteiger partial charge in [0, 0.05) is 0 Å². The van der Waals surface area contributed by atoms with E-state index in [4.69, 9.17) is 5.73 Å². The van der Waals surface area contributed by atoms with Crippen LogP contribution >= 0.6 is 0 Å². The Morgan fingerprint density at radius 1 is 0.875 bits per heavy atom. The zero-order valence-electron chi connectivity index (χ0n) is 23.2. The lowest BCUT2D eigenvalue weighted by Gasteiger charge is -2.42. The van der Waals surface area contributed by atoms with Gasteiger partial charge in [0.25, 0.3) is 0 Å². The van der Waals surface area contributed by atoms with Gasteiger partial charge in [0.05, 0.1) is 0 Å². The second kappa shape index (κ2) is 15.5. The number of fused-ring (bicyclic) bond motifs is 1. The van der Waals surface area contributed by atoms with Crippen LogP contribution in [0.1, 0.15) is 137 Å². The van der Waals surface area contributed by atoms with Gasteiger partial charge >= 0.3 is 0 Å². The zero-order valence-corrected chi connectivity index (χ0v) is 23.2. The van der Waals surface area contributed by atoms with Gasteiger partial charge in [-0.15, -0.1) is 0 Å². The Morgan fingerprint density at radius 3 is 1.78 bits per heavy atom. The minimum Gasteiger partial charge on any atom is -0.330 e. The molecule has 0 unspecified atom stereocenters. The summed E-state index contributed by atoms with van der Waals surface area (Å²) in [4.78, 5) is 0. The van der Waals surface area contributed by atoms with Crippen LogP contribution in [0.15, 0.2) is 36.4 Å². The molecule has 0 spiro atoms. The van der Waals surface area contributed by atoms with E-state index in [1.807, 2.05) is 0 Å². The van der Waals surface area contributed by atoms with Crippen molar-refractivity contribution in [2.75, 3.05) is 6.54 Å². The summed E-state index contributed by atoms with van der Waals surface area (Å²) >= 11 is 0. The van der Waals surface area contributed by atoms with Crippen LogP contribution in [0.2, 0.25) is 0 Å². The molecule has 1 aliphatic rings. The summed E-state index contributed by atoms with van der Waals surface area (Å²) in [5.41, 5.74) is 12.7. The van der Waals surface area contributed by atoms with Gasteiger partial charge < -0.3 is 5.73 Å². The van der Waals surface area contributed by atoms with E-state index in [9.17, 15) is 0 Å². The molecule has 0 fully saturated rings. The number of nitrogens with two attached hydrogens (primary N) is 1. The summed E-state index contributed by atoms with van der Waals surface area (Å²) in [6.45, 7) is 25.3. The molecule has 32 heavy (non-hydrogen) atoms. The van der Waals surface area contributed by atoms with E-state index < -0.39 is 0 Å². The standard InChI is InChI=1S/C21H30.C6H14.C4H11N/c1-15(2)8-9-16(3)17-10-11-18-19(14-17)21(6,7)13-12-20(18,4)5;1-3-5-6-4-2;1-2-3-4-5/h9-11,14H,1,8,12-13H2,2-7H3;3-6H2,1-2H3;2-5H2,1H3/b16-9+;;. The van der Waals surface area contributed by atoms with E-state index in [1.165, 1.54) is 73.6 Å². The van der Waals surface area contributed by atoms with Crippen molar-refractivity contribution in [2.24, 2.45) is 5.73 Å². The first-order valence-corrected chi connectivity index (χ1v) is 13.1. The molecular weight excluding hydrogens is 386 g/mol. The fourth-order valence-electron chi connectivity index (χ4n) is 3.98. The van der Waals surface area contributed by atoms with E-state index in [2.05, 4.69) is 93.2 Å². The van der Waals surface area contributed by atoms with Crippen LogP contribution in [-0.4, -0.2) is 6.54 Å². The van der Waals surface area contributed by atoms with Crippen LogP contribution in [-0.2, 0) is 10.8 Å². The number of hydrogen-bond donors (Lipinski definition) is 1. The fourth-order valence-corrected chi connectivity index (χ4v) is 3.98. The molecule has 0 saturated heterocycles. The van der Waals surface area contributed by atoms with Crippen molar-refractivity contribution in [3.63, 3.8) is 0 Å². The third kappa shape index (κ3) is 11.0. The minimum atomic E-state index is 0.287. The third-order valence-electron chi connectivity index (χ3n) is 6.58. The maximum Gasteiger partial charge on any atom is -0.00774 e. The number of benzene rings is 1. The van der Waals surface area contributed by atoms with Gasteiger partial charge in [-0.3, -0.25) is 0 Å². The zero-order chi connectivity index (χ0) is 24.8. The highest BCUT2D eigenvalue weighted by atomic mass is 14.5. The fraction of sp³-hybridized carbons (Fsp3) is 0.677. The van der Waals surface area contributed by atoms with Crippen LogP contribution in [0.3, 0.4) is 0 Å². The lowest BCUT2D eigenvalue weighted by Crippen LogP contribution is -2.33. The van der Waals surface area contributed by atoms with Crippen molar-refractivity contribution in [2.45, 2.75) is 131 Å². The summed E-state index contributed by atoms with van der Waals surface area (Å²) in [6, 6.07) is 7.09. The molecule has 0 saturated carbocycles. The third-order valence-corrected chi connectivity index (χ3v) is 6.58. The van der Waals surface area contributed by atoms with Crippen molar-refractivity contribution in [1.29, 1.82) is 0 Å². The minimum absolute atomic E-state index is 0.287. The van der Waals surface area contributed by atoms with Crippen molar-refractivity contribution in [3.8, 4) is 0 Å². The Hall–Kier alpha value is -1.34. The summed E-state index contributed by atoms with van der Waals surface area (Å²) in [5, 5.41) is 0. The summed E-state index contributed by atoms with van der Waals surface area (Å²) in [5.74, 6) is 0. The molecule has 1 nitrogen and oxygen atoms in total. The average molecular weight is 442 g/mol. The highest BCUT2D eigenvalue weighted by Crippen LogP contribution is 2.46. The van der Waals surface area contributed by atoms with Crippen LogP contribution in [0.25, 0.3) is 5.57 Å². The number of hydrogen-bond acceptors (Lipinski definition) is 1. The Morgan fingerprint density at radius 2 is 1.38 bits per heavy atom. The molecule has 1 heteroatoms. The molecule has 184 valence electrons. The van der Waals surface area contributed by atoms with Gasteiger partial charge in [0.15, 0.2) is 0 Å². The van der Waals surface area contributed by atoms with Crippen molar-refractivity contribution in [3.05, 3.63) is 53.1 Å². The maximum atomic E-state index is 5.14. The van der Waals surface area contributed by atoms with Crippen LogP contribution in [0, 0.1) is 0 Å². The van der Waals surface area contributed by atoms with E-state index in [-0.39, 0.29) is 5.41 Å². The Balaban J connectivity index is 0.000000726. The molecule has 2 rings (SSSR count). The second-order valence-electron chi connectivity index (χ2n) is 10.9. The lowest BCUT2D eigenvalue weighted by atomic mass is 9.63. The molecule has 1 aromatic carbocycles. The van der Waals surface area contributed by atoms with Gasteiger partial charge in [-0.05, 0) is 79.2 Å². The smallest absolute Gasteiger partial charge is 0.00774 e. The molecule has 0 heterocycles. The molecule has 0 bridgehead atoms. The quantitative estimate of drug-likeness (QED) is 0.315. The molecule has 0 radical (unpaired) electrons. The van der Waals surface area contributed by atoms with Crippen LogP contribution in [0.5, 0.6) is 0 Å². The monoisotopic (exact) mass is 441 g/mol. The summed E-state index contributed by atoms with van der Waals surface area (Å²) in [6.07, 6.45) is 13.7. The highest BCUT2D eigenvalue weighted by molar-refractivity contribution is 5.66. The first-order valence-electron chi connectivity index (χ1n) is 13.1. The number of allylic oxidation sites excluding steroid dienone is 3. The van der Waals surface area contributed by atoms with Gasteiger partial charge in [0.2, 0.25) is 0 Å². The number of unbranched alkanes of at least 4 members (excludes halogenated alkanes) is 4. The molecule has 1 aliphatic carbocycles. The predicted molar refractivity (Wildman–Crippen MR) is 149 cm³/mol. The van der Waals surface area contributed by atoms with Gasteiger partial charge in [-0.25, -0.2) is 0 Å². The van der Waals surface area contributed by atoms with E-state index in [0.717, 1.165) is 13.0 Å². The van der Waals surface area contributed by atoms with Crippen molar-refractivity contribution < 1.29 is 0 Å². The Bertz CT molecular complexity index is 684. The molecule has 0 atom stereocenters. The second-order valence-corrected chi connectivity index (χ2v) is 10.9. The maximum absolute atomic E-state index is 5.14. The van der Waals surface area contributed by atoms with Gasteiger partial charge in [-0.2, -0.15) is 0 Å². The molecular formula is C31H55N. The predicted octanol–water partition coefficient (Wildman–Crippen LogP) is 9.74. The first kappa shape index (κ1) is 30.7.